The summed E-state index contributed by atoms with van der Waals surface area (Å²) in [6.45, 7) is 5.44. The van der Waals surface area contributed by atoms with E-state index in [-0.39, 0.29) is 18.4 Å². The Hall–Kier alpha value is -1.30. The van der Waals surface area contributed by atoms with Gasteiger partial charge in [-0.15, -0.1) is 0 Å². The number of carbonyl (C=O) groups excluding carboxylic acids is 2. The van der Waals surface area contributed by atoms with E-state index in [1.807, 2.05) is 24.6 Å². The Morgan fingerprint density at radius 1 is 1.26 bits per heavy atom. The molecule has 1 aromatic rings. The van der Waals surface area contributed by atoms with Gasteiger partial charge >= 0.3 is 0 Å². The fraction of sp³-hybridized carbons (Fsp3) is 0.538. The highest BCUT2D eigenvalue weighted by Gasteiger charge is 2.13. The van der Waals surface area contributed by atoms with Gasteiger partial charge < -0.3 is 15.2 Å². The van der Waals surface area contributed by atoms with Gasteiger partial charge in [0.05, 0.1) is 6.54 Å². The highest BCUT2D eigenvalue weighted by molar-refractivity contribution is 9.10. The summed E-state index contributed by atoms with van der Waals surface area (Å²) in [7, 11) is 0. The number of hydrogen-bond donors (Lipinski definition) is 2. The van der Waals surface area contributed by atoms with Gasteiger partial charge in [0.2, 0.25) is 5.91 Å². The molecule has 0 aliphatic carbocycles. The van der Waals surface area contributed by atoms with Gasteiger partial charge in [0.1, 0.15) is 5.69 Å². The van der Waals surface area contributed by atoms with Crippen LogP contribution in [0, 0.1) is 0 Å². The maximum Gasteiger partial charge on any atom is 0.268 e. The monoisotopic (exact) mass is 329 g/mol. The second kappa shape index (κ2) is 7.99. The second-order valence-corrected chi connectivity index (χ2v) is 5.19. The number of rotatable bonds is 7. The molecule has 2 N–H and O–H groups in total. The lowest BCUT2D eigenvalue weighted by Gasteiger charge is -2.08. The van der Waals surface area contributed by atoms with Crippen LogP contribution in [0.1, 0.15) is 37.2 Å². The van der Waals surface area contributed by atoms with Gasteiger partial charge in [0, 0.05) is 23.8 Å². The molecule has 0 atom stereocenters. The first-order valence-electron chi connectivity index (χ1n) is 6.49. The lowest BCUT2D eigenvalue weighted by molar-refractivity contribution is -0.120. The minimum absolute atomic E-state index is 0.00770. The van der Waals surface area contributed by atoms with E-state index in [0.717, 1.165) is 23.9 Å². The molecular formula is C13H20BrN3O2. The van der Waals surface area contributed by atoms with Crippen molar-refractivity contribution in [1.29, 1.82) is 0 Å². The van der Waals surface area contributed by atoms with Gasteiger partial charge in [-0.25, -0.2) is 0 Å². The first-order chi connectivity index (χ1) is 9.08. The average Bonchev–Trinajstić information content (AvgIpc) is 2.75. The number of amides is 2. The predicted molar refractivity (Wildman–Crippen MR) is 78.1 cm³/mol. The summed E-state index contributed by atoms with van der Waals surface area (Å²) in [5.74, 6) is -0.395. The van der Waals surface area contributed by atoms with E-state index in [2.05, 4.69) is 26.6 Å². The number of carbonyl (C=O) groups is 2. The number of hydrogen-bond acceptors (Lipinski definition) is 2. The summed E-state index contributed by atoms with van der Waals surface area (Å²) in [5.41, 5.74) is 0.567. The Morgan fingerprint density at radius 2 is 2.00 bits per heavy atom. The number of aryl methyl sites for hydroxylation is 1. The Labute approximate surface area is 121 Å². The molecule has 1 heterocycles. The summed E-state index contributed by atoms with van der Waals surface area (Å²) in [6.07, 6.45) is 3.69. The number of nitrogens with zero attached hydrogens (tertiary/aromatic N) is 1. The number of halogens is 1. The van der Waals surface area contributed by atoms with Crippen LogP contribution in [0.3, 0.4) is 0 Å². The van der Waals surface area contributed by atoms with E-state index < -0.39 is 0 Å². The predicted octanol–water partition coefficient (Wildman–Crippen LogP) is 1.92. The van der Waals surface area contributed by atoms with Crippen LogP contribution < -0.4 is 10.6 Å². The van der Waals surface area contributed by atoms with Crippen molar-refractivity contribution in [3.05, 3.63) is 22.4 Å². The van der Waals surface area contributed by atoms with Crippen LogP contribution >= 0.6 is 15.9 Å². The van der Waals surface area contributed by atoms with Crippen molar-refractivity contribution in [1.82, 2.24) is 15.2 Å². The normalized spacial score (nSPS) is 10.3. The summed E-state index contributed by atoms with van der Waals surface area (Å²) < 4.78 is 2.74. The van der Waals surface area contributed by atoms with Crippen molar-refractivity contribution in [3.63, 3.8) is 0 Å². The van der Waals surface area contributed by atoms with E-state index >= 15 is 0 Å². The quantitative estimate of drug-likeness (QED) is 0.802. The summed E-state index contributed by atoms with van der Waals surface area (Å²) in [5, 5.41) is 5.34. The molecule has 1 rings (SSSR count). The minimum atomic E-state index is -0.231. The highest BCUT2D eigenvalue weighted by Crippen LogP contribution is 2.15. The van der Waals surface area contributed by atoms with Crippen molar-refractivity contribution in [2.24, 2.45) is 0 Å². The fourth-order valence-electron chi connectivity index (χ4n) is 1.67. The Morgan fingerprint density at radius 3 is 2.63 bits per heavy atom. The topological polar surface area (TPSA) is 63.1 Å². The number of aromatic nitrogens is 1. The molecule has 106 valence electrons. The van der Waals surface area contributed by atoms with E-state index in [4.69, 9.17) is 0 Å². The standard InChI is InChI=1S/C13H20BrN3O2/c1-3-5-15-12(18)8-16-13(19)11-7-10(14)9-17(11)6-4-2/h7,9H,3-6,8H2,1-2H3,(H,15,18)(H,16,19). The molecule has 0 aliphatic rings. The van der Waals surface area contributed by atoms with Gasteiger partial charge in [-0.3, -0.25) is 9.59 Å². The first kappa shape index (κ1) is 15.8. The molecule has 0 spiro atoms. The van der Waals surface area contributed by atoms with Crippen LogP contribution in [-0.4, -0.2) is 29.5 Å². The summed E-state index contributed by atoms with van der Waals surface area (Å²) in [4.78, 5) is 23.4. The van der Waals surface area contributed by atoms with Crippen molar-refractivity contribution < 1.29 is 9.59 Å². The Kier molecular flexibility index (Phi) is 6.62. The lowest BCUT2D eigenvalue weighted by Crippen LogP contribution is -2.37. The highest BCUT2D eigenvalue weighted by atomic mass is 79.9. The minimum Gasteiger partial charge on any atom is -0.355 e. The van der Waals surface area contributed by atoms with Gasteiger partial charge in [-0.2, -0.15) is 0 Å². The summed E-state index contributed by atoms with van der Waals surface area (Å²) in [6, 6.07) is 1.76. The largest absolute Gasteiger partial charge is 0.355 e. The third kappa shape index (κ3) is 5.06. The molecule has 0 unspecified atom stereocenters. The Balaban J connectivity index is 2.55. The third-order valence-electron chi connectivity index (χ3n) is 2.54. The van der Waals surface area contributed by atoms with Crippen LogP contribution in [0.5, 0.6) is 0 Å². The molecule has 2 amide bonds. The van der Waals surface area contributed by atoms with Crippen molar-refractivity contribution >= 4 is 27.7 Å². The van der Waals surface area contributed by atoms with Crippen LogP contribution in [-0.2, 0) is 11.3 Å². The first-order valence-corrected chi connectivity index (χ1v) is 7.28. The van der Waals surface area contributed by atoms with Gasteiger partial charge in [0.25, 0.3) is 5.91 Å². The van der Waals surface area contributed by atoms with Gasteiger partial charge in [0.15, 0.2) is 0 Å². The van der Waals surface area contributed by atoms with Gasteiger partial charge in [-0.1, -0.05) is 13.8 Å². The van der Waals surface area contributed by atoms with Crippen LogP contribution in [0.4, 0.5) is 0 Å². The van der Waals surface area contributed by atoms with Crippen molar-refractivity contribution in [3.8, 4) is 0 Å². The second-order valence-electron chi connectivity index (χ2n) is 4.27. The van der Waals surface area contributed by atoms with E-state index in [1.165, 1.54) is 0 Å². The SMILES string of the molecule is CCCNC(=O)CNC(=O)c1cc(Br)cn1CCC. The van der Waals surface area contributed by atoms with Crippen LogP contribution in [0.15, 0.2) is 16.7 Å². The average molecular weight is 330 g/mol. The molecule has 0 aromatic carbocycles. The van der Waals surface area contributed by atoms with Crippen LogP contribution in [0.2, 0.25) is 0 Å². The molecule has 6 heteroatoms. The molecular weight excluding hydrogens is 310 g/mol. The van der Waals surface area contributed by atoms with Crippen molar-refractivity contribution in [2.75, 3.05) is 13.1 Å². The molecule has 0 radical (unpaired) electrons. The zero-order valence-corrected chi connectivity index (χ0v) is 12.9. The molecule has 0 aliphatic heterocycles. The molecule has 5 nitrogen and oxygen atoms in total. The van der Waals surface area contributed by atoms with Crippen LogP contribution in [0.25, 0.3) is 0 Å². The molecule has 0 saturated carbocycles. The molecule has 0 saturated heterocycles. The van der Waals surface area contributed by atoms with Crippen molar-refractivity contribution in [2.45, 2.75) is 33.2 Å². The molecule has 19 heavy (non-hydrogen) atoms. The van der Waals surface area contributed by atoms with Gasteiger partial charge in [-0.05, 0) is 34.8 Å². The molecule has 0 bridgehead atoms. The van der Waals surface area contributed by atoms with E-state index in [0.29, 0.717) is 12.2 Å². The zero-order chi connectivity index (χ0) is 14.3. The smallest absolute Gasteiger partial charge is 0.268 e. The molecule has 0 fully saturated rings. The number of nitrogens with one attached hydrogen (secondary N) is 2. The zero-order valence-electron chi connectivity index (χ0n) is 11.3. The Bertz CT molecular complexity index is 443. The maximum atomic E-state index is 12.0. The lowest BCUT2D eigenvalue weighted by atomic mass is 10.3. The van der Waals surface area contributed by atoms with E-state index in [1.54, 1.807) is 6.07 Å². The third-order valence-corrected chi connectivity index (χ3v) is 2.98. The molecule has 1 aromatic heterocycles. The fourth-order valence-corrected chi connectivity index (χ4v) is 2.13. The maximum absolute atomic E-state index is 12.0. The van der Waals surface area contributed by atoms with E-state index in [9.17, 15) is 9.59 Å². The summed E-state index contributed by atoms with van der Waals surface area (Å²) >= 11 is 3.36.